The van der Waals surface area contributed by atoms with Crippen molar-refractivity contribution in [2.45, 2.75) is 31.9 Å². The normalized spacial score (nSPS) is 10.9. The van der Waals surface area contributed by atoms with Crippen LogP contribution in [0.1, 0.15) is 42.3 Å². The first-order chi connectivity index (χ1) is 9.77. The highest BCUT2D eigenvalue weighted by Gasteiger charge is 2.19. The molecule has 108 valence electrons. The Kier molecular flexibility index (Phi) is 5.49. The van der Waals surface area contributed by atoms with Crippen molar-refractivity contribution in [3.8, 4) is 0 Å². The zero-order chi connectivity index (χ0) is 14.4. The van der Waals surface area contributed by atoms with Gasteiger partial charge < -0.3 is 4.42 Å². The van der Waals surface area contributed by atoms with Gasteiger partial charge in [-0.3, -0.25) is 10.2 Å². The molecule has 5 heteroatoms. The number of nitrogen functional groups attached to an aromatic ring is 1. The molecule has 0 aliphatic carbocycles. The fourth-order valence-corrected chi connectivity index (χ4v) is 3.16. The summed E-state index contributed by atoms with van der Waals surface area (Å²) in [5.41, 5.74) is 3.82. The summed E-state index contributed by atoms with van der Waals surface area (Å²) in [5, 5.41) is 0.995. The molecule has 0 aliphatic heterocycles. The molecule has 20 heavy (non-hydrogen) atoms. The van der Waals surface area contributed by atoms with E-state index in [1.165, 1.54) is 19.3 Å². The molecule has 0 unspecified atom stereocenters. The summed E-state index contributed by atoms with van der Waals surface area (Å²) < 4.78 is 5.62. The summed E-state index contributed by atoms with van der Waals surface area (Å²) in [5.74, 6) is 7.04. The van der Waals surface area contributed by atoms with Crippen molar-refractivity contribution in [1.29, 1.82) is 0 Å². The van der Waals surface area contributed by atoms with Crippen LogP contribution in [-0.2, 0) is 5.75 Å². The summed E-state index contributed by atoms with van der Waals surface area (Å²) in [6.45, 7) is 2.19. The lowest BCUT2D eigenvalue weighted by molar-refractivity contribution is 0.0927. The topological polar surface area (TPSA) is 68.3 Å². The van der Waals surface area contributed by atoms with Crippen LogP contribution < -0.4 is 11.3 Å². The first-order valence-electron chi connectivity index (χ1n) is 6.87. The van der Waals surface area contributed by atoms with E-state index in [2.05, 4.69) is 12.3 Å². The number of nitrogens with one attached hydrogen (secondary N) is 1. The van der Waals surface area contributed by atoms with E-state index in [4.69, 9.17) is 10.3 Å². The lowest BCUT2D eigenvalue weighted by atomic mass is 10.1. The van der Waals surface area contributed by atoms with Gasteiger partial charge in [0.05, 0.1) is 0 Å². The molecule has 2 aromatic rings. The fourth-order valence-electron chi connectivity index (χ4n) is 2.12. The molecule has 0 radical (unpaired) electrons. The molecule has 1 aromatic heterocycles. The van der Waals surface area contributed by atoms with Gasteiger partial charge in [-0.05, 0) is 18.2 Å². The molecule has 2 rings (SSSR count). The van der Waals surface area contributed by atoms with Gasteiger partial charge in [-0.2, -0.15) is 11.8 Å². The number of nitrogens with two attached hydrogens (primary N) is 1. The second-order valence-corrected chi connectivity index (χ2v) is 5.74. The highest BCUT2D eigenvalue weighted by atomic mass is 32.2. The Balaban J connectivity index is 2.18. The molecule has 0 fully saturated rings. The smallest absolute Gasteiger partial charge is 0.301 e. The minimum absolute atomic E-state index is 0.330. The molecule has 1 aromatic carbocycles. The third kappa shape index (κ3) is 3.35. The quantitative estimate of drug-likeness (QED) is 0.355. The van der Waals surface area contributed by atoms with E-state index < -0.39 is 0 Å². The first kappa shape index (κ1) is 14.9. The van der Waals surface area contributed by atoms with Crippen molar-refractivity contribution in [1.82, 2.24) is 5.43 Å². The summed E-state index contributed by atoms with van der Waals surface area (Å²) in [4.78, 5) is 11.8. The van der Waals surface area contributed by atoms with E-state index >= 15 is 0 Å². The van der Waals surface area contributed by atoms with Crippen LogP contribution in [0.4, 0.5) is 0 Å². The van der Waals surface area contributed by atoms with E-state index in [0.29, 0.717) is 5.76 Å². The molecule has 0 saturated carbocycles. The van der Waals surface area contributed by atoms with Gasteiger partial charge in [-0.1, -0.05) is 38.0 Å². The highest BCUT2D eigenvalue weighted by molar-refractivity contribution is 7.98. The van der Waals surface area contributed by atoms with Gasteiger partial charge >= 0.3 is 5.91 Å². The number of para-hydroxylation sites is 1. The van der Waals surface area contributed by atoms with E-state index in [1.54, 1.807) is 0 Å². The monoisotopic (exact) mass is 292 g/mol. The van der Waals surface area contributed by atoms with E-state index in [0.717, 1.165) is 28.0 Å². The number of amides is 1. The van der Waals surface area contributed by atoms with Crippen LogP contribution in [0.15, 0.2) is 28.7 Å². The number of rotatable bonds is 7. The predicted molar refractivity (Wildman–Crippen MR) is 83.6 cm³/mol. The molecule has 0 saturated heterocycles. The van der Waals surface area contributed by atoms with Crippen molar-refractivity contribution < 1.29 is 9.21 Å². The van der Waals surface area contributed by atoms with Gasteiger partial charge in [-0.15, -0.1) is 0 Å². The van der Waals surface area contributed by atoms with Crippen LogP contribution in [-0.4, -0.2) is 11.7 Å². The molecular weight excluding hydrogens is 272 g/mol. The van der Waals surface area contributed by atoms with Crippen molar-refractivity contribution in [2.75, 3.05) is 5.75 Å². The van der Waals surface area contributed by atoms with Gasteiger partial charge in [0, 0.05) is 16.7 Å². The summed E-state index contributed by atoms with van der Waals surface area (Å²) in [7, 11) is 0. The Morgan fingerprint density at radius 2 is 2.15 bits per heavy atom. The highest BCUT2D eigenvalue weighted by Crippen LogP contribution is 2.29. The number of carbonyl (C=O) groups is 1. The van der Waals surface area contributed by atoms with Crippen LogP contribution in [0.25, 0.3) is 11.0 Å². The van der Waals surface area contributed by atoms with E-state index in [9.17, 15) is 4.79 Å². The van der Waals surface area contributed by atoms with Crippen LogP contribution in [0, 0.1) is 0 Å². The van der Waals surface area contributed by atoms with Crippen LogP contribution >= 0.6 is 11.8 Å². The van der Waals surface area contributed by atoms with Gasteiger partial charge in [0.1, 0.15) is 5.58 Å². The van der Waals surface area contributed by atoms with Gasteiger partial charge in [0.15, 0.2) is 5.76 Å². The standard InChI is InChI=1S/C15H20N2O2S/c1-2-3-6-9-20-10-12-11-7-4-5-8-13(11)19-14(12)15(18)17-16/h4-5,7-8H,2-3,6,9-10,16H2,1H3,(H,17,18). The molecule has 0 bridgehead atoms. The van der Waals surface area contributed by atoms with E-state index in [1.807, 2.05) is 36.0 Å². The Bertz CT molecular complexity index is 580. The second-order valence-electron chi connectivity index (χ2n) is 4.64. The number of unbranched alkanes of at least 4 members (excludes halogenated alkanes) is 2. The first-order valence-corrected chi connectivity index (χ1v) is 8.02. The summed E-state index contributed by atoms with van der Waals surface area (Å²) >= 11 is 1.83. The van der Waals surface area contributed by atoms with Crippen LogP contribution in [0.2, 0.25) is 0 Å². The molecule has 0 aliphatic rings. The molecular formula is C15H20N2O2S. The Morgan fingerprint density at radius 3 is 2.90 bits per heavy atom. The molecule has 3 N–H and O–H groups in total. The maximum Gasteiger partial charge on any atom is 0.301 e. The van der Waals surface area contributed by atoms with Crippen molar-refractivity contribution in [2.24, 2.45) is 5.84 Å². The SMILES string of the molecule is CCCCCSCc1c(C(=O)NN)oc2ccccc12. The second kappa shape index (κ2) is 7.36. The number of benzene rings is 1. The average molecular weight is 292 g/mol. The number of furan rings is 1. The van der Waals surface area contributed by atoms with Crippen molar-refractivity contribution in [3.05, 3.63) is 35.6 Å². The number of hydrogen-bond donors (Lipinski definition) is 2. The number of hydrazine groups is 1. The predicted octanol–water partition coefficient (Wildman–Crippen LogP) is 3.46. The molecule has 0 atom stereocenters. The number of fused-ring (bicyclic) bond motifs is 1. The molecule has 1 amide bonds. The van der Waals surface area contributed by atoms with Crippen LogP contribution in [0.5, 0.6) is 0 Å². The molecule has 0 spiro atoms. The number of carbonyl (C=O) groups excluding carboxylic acids is 1. The van der Waals surface area contributed by atoms with Gasteiger partial charge in [0.2, 0.25) is 0 Å². The zero-order valence-electron chi connectivity index (χ0n) is 11.6. The number of thioether (sulfide) groups is 1. The lowest BCUT2D eigenvalue weighted by Gasteiger charge is -2.02. The third-order valence-electron chi connectivity index (χ3n) is 3.17. The van der Waals surface area contributed by atoms with E-state index in [-0.39, 0.29) is 5.91 Å². The van der Waals surface area contributed by atoms with Crippen LogP contribution in [0.3, 0.4) is 0 Å². The Hall–Kier alpha value is -1.46. The Morgan fingerprint density at radius 1 is 1.35 bits per heavy atom. The van der Waals surface area contributed by atoms with Gasteiger partial charge in [0.25, 0.3) is 0 Å². The van der Waals surface area contributed by atoms with Crippen molar-refractivity contribution in [3.63, 3.8) is 0 Å². The maximum absolute atomic E-state index is 11.8. The average Bonchev–Trinajstić information content (AvgIpc) is 2.85. The fraction of sp³-hybridized carbons (Fsp3) is 0.400. The summed E-state index contributed by atoms with van der Waals surface area (Å²) in [6.07, 6.45) is 3.67. The summed E-state index contributed by atoms with van der Waals surface area (Å²) in [6, 6.07) is 7.70. The minimum Gasteiger partial charge on any atom is -0.451 e. The Labute approximate surface area is 123 Å². The lowest BCUT2D eigenvalue weighted by Crippen LogP contribution is -2.30. The minimum atomic E-state index is -0.370. The third-order valence-corrected chi connectivity index (χ3v) is 4.24. The largest absolute Gasteiger partial charge is 0.451 e. The molecule has 1 heterocycles. The zero-order valence-corrected chi connectivity index (χ0v) is 12.5. The maximum atomic E-state index is 11.8. The van der Waals surface area contributed by atoms with Crippen molar-refractivity contribution >= 4 is 28.6 Å². The van der Waals surface area contributed by atoms with Gasteiger partial charge in [-0.25, -0.2) is 5.84 Å². The molecule has 4 nitrogen and oxygen atoms in total. The number of hydrogen-bond acceptors (Lipinski definition) is 4.